The first-order valence-electron chi connectivity index (χ1n) is 8.76. The van der Waals surface area contributed by atoms with Gasteiger partial charge in [-0.05, 0) is 13.1 Å². The zero-order valence-corrected chi connectivity index (χ0v) is 14.8. The van der Waals surface area contributed by atoms with Gasteiger partial charge < -0.3 is 9.80 Å². The van der Waals surface area contributed by atoms with Gasteiger partial charge in [0.15, 0.2) is 11.5 Å². The Labute approximate surface area is 150 Å². The Kier molecular flexibility index (Phi) is 3.39. The number of hydrogen-bond acceptors (Lipinski definition) is 6. The van der Waals surface area contributed by atoms with Crippen LogP contribution in [-0.4, -0.2) is 68.1 Å². The van der Waals surface area contributed by atoms with Crippen LogP contribution in [0.2, 0.25) is 0 Å². The van der Waals surface area contributed by atoms with Crippen molar-refractivity contribution in [3.63, 3.8) is 0 Å². The van der Waals surface area contributed by atoms with Crippen LogP contribution in [0.3, 0.4) is 0 Å². The molecule has 26 heavy (non-hydrogen) atoms. The van der Waals surface area contributed by atoms with Gasteiger partial charge in [-0.3, -0.25) is 9.78 Å². The Hall–Kier alpha value is -3.00. The minimum Gasteiger partial charge on any atom is -0.353 e. The lowest BCUT2D eigenvalue weighted by Gasteiger charge is -2.33. The Bertz CT molecular complexity index is 1090. The van der Waals surface area contributed by atoms with Crippen LogP contribution in [0, 0.1) is 0 Å². The van der Waals surface area contributed by atoms with E-state index >= 15 is 0 Å². The summed E-state index contributed by atoms with van der Waals surface area (Å²) in [6, 6.07) is 6.06. The average molecular weight is 348 g/mol. The molecule has 0 unspecified atom stereocenters. The maximum atomic E-state index is 4.96. The number of nitrogens with one attached hydrogen (secondary N) is 1. The lowest BCUT2D eigenvalue weighted by molar-refractivity contribution is 0.312. The van der Waals surface area contributed by atoms with Crippen LogP contribution in [0.5, 0.6) is 0 Å². The van der Waals surface area contributed by atoms with Crippen molar-refractivity contribution in [2.24, 2.45) is 7.05 Å². The number of H-pyrrole nitrogens is 1. The summed E-state index contributed by atoms with van der Waals surface area (Å²) in [6.07, 6.45) is 3.70. The van der Waals surface area contributed by atoms with Gasteiger partial charge in [-0.1, -0.05) is 12.1 Å². The smallest absolute Gasteiger partial charge is 0.164 e. The molecule has 1 aliphatic heterocycles. The SMILES string of the molecule is CN1CCN(c2nc(-c3cccc4[nH]ncc34)nc3c2cnn3C)CC1. The normalized spacial score (nSPS) is 16.0. The molecule has 0 spiro atoms. The maximum Gasteiger partial charge on any atom is 0.164 e. The molecule has 1 saturated heterocycles. The first kappa shape index (κ1) is 15.3. The number of piperazine rings is 1. The molecule has 1 aromatic carbocycles. The van der Waals surface area contributed by atoms with Crippen molar-refractivity contribution in [3.05, 3.63) is 30.6 Å². The molecule has 0 amide bonds. The van der Waals surface area contributed by atoms with Crippen molar-refractivity contribution in [2.45, 2.75) is 0 Å². The third-order valence-electron chi connectivity index (χ3n) is 5.10. The summed E-state index contributed by atoms with van der Waals surface area (Å²) >= 11 is 0. The lowest BCUT2D eigenvalue weighted by Crippen LogP contribution is -2.45. The Morgan fingerprint density at radius 2 is 1.81 bits per heavy atom. The molecule has 0 saturated carbocycles. The number of likely N-dealkylation sites (N-methyl/N-ethyl adjacent to an activating group) is 1. The number of anilines is 1. The summed E-state index contributed by atoms with van der Waals surface area (Å²) < 4.78 is 1.82. The van der Waals surface area contributed by atoms with E-state index in [1.54, 1.807) is 0 Å². The second-order valence-corrected chi connectivity index (χ2v) is 6.80. The minimum absolute atomic E-state index is 0.710. The molecule has 0 aliphatic carbocycles. The summed E-state index contributed by atoms with van der Waals surface area (Å²) in [5.41, 5.74) is 2.82. The number of aryl methyl sites for hydroxylation is 1. The van der Waals surface area contributed by atoms with Crippen LogP contribution in [-0.2, 0) is 7.05 Å². The highest BCUT2D eigenvalue weighted by Gasteiger charge is 2.21. The van der Waals surface area contributed by atoms with Gasteiger partial charge in [0.05, 0.1) is 23.3 Å². The molecule has 1 N–H and O–H groups in total. The van der Waals surface area contributed by atoms with E-state index in [0.717, 1.165) is 59.5 Å². The van der Waals surface area contributed by atoms with Crippen molar-refractivity contribution >= 4 is 27.8 Å². The third-order valence-corrected chi connectivity index (χ3v) is 5.10. The second-order valence-electron chi connectivity index (χ2n) is 6.80. The van der Waals surface area contributed by atoms with Gasteiger partial charge >= 0.3 is 0 Å². The Morgan fingerprint density at radius 1 is 0.962 bits per heavy atom. The molecule has 1 aliphatic rings. The fourth-order valence-corrected chi connectivity index (χ4v) is 3.55. The molecule has 8 heteroatoms. The van der Waals surface area contributed by atoms with Crippen LogP contribution < -0.4 is 4.90 Å². The van der Waals surface area contributed by atoms with Gasteiger partial charge in [0.25, 0.3) is 0 Å². The molecule has 4 aromatic rings. The number of aromatic amines is 1. The van der Waals surface area contributed by atoms with E-state index < -0.39 is 0 Å². The summed E-state index contributed by atoms with van der Waals surface area (Å²) in [7, 11) is 4.08. The molecular weight excluding hydrogens is 328 g/mol. The highest BCUT2D eigenvalue weighted by Crippen LogP contribution is 2.30. The number of benzene rings is 1. The predicted molar refractivity (Wildman–Crippen MR) is 101 cm³/mol. The third kappa shape index (κ3) is 2.33. The average Bonchev–Trinajstić information content (AvgIpc) is 3.28. The molecule has 4 heterocycles. The van der Waals surface area contributed by atoms with Gasteiger partial charge in [0.2, 0.25) is 0 Å². The van der Waals surface area contributed by atoms with Crippen LogP contribution in [0.4, 0.5) is 5.82 Å². The van der Waals surface area contributed by atoms with Gasteiger partial charge in [-0.25, -0.2) is 9.97 Å². The number of nitrogens with zero attached hydrogens (tertiary/aromatic N) is 7. The molecular formula is C18H20N8. The molecule has 132 valence electrons. The van der Waals surface area contributed by atoms with Crippen molar-refractivity contribution < 1.29 is 0 Å². The van der Waals surface area contributed by atoms with E-state index in [1.165, 1.54) is 0 Å². The standard InChI is InChI=1S/C18H20N8/c1-24-6-8-26(9-7-24)18-14-11-20-25(2)17(14)21-16(22-18)12-4-3-5-15-13(12)10-19-23-15/h3-5,10-11H,6-9H2,1-2H3,(H,19,23). The molecule has 0 atom stereocenters. The van der Waals surface area contributed by atoms with Crippen LogP contribution in [0.1, 0.15) is 0 Å². The first-order valence-corrected chi connectivity index (χ1v) is 8.76. The van der Waals surface area contributed by atoms with E-state index in [4.69, 9.17) is 9.97 Å². The lowest BCUT2D eigenvalue weighted by atomic mass is 10.1. The molecule has 5 rings (SSSR count). The number of rotatable bonds is 2. The van der Waals surface area contributed by atoms with Crippen molar-refractivity contribution in [1.29, 1.82) is 0 Å². The predicted octanol–water partition coefficient (Wildman–Crippen LogP) is 1.66. The molecule has 1 fully saturated rings. The van der Waals surface area contributed by atoms with Gasteiger partial charge in [0.1, 0.15) is 5.82 Å². The summed E-state index contributed by atoms with van der Waals surface area (Å²) in [4.78, 5) is 14.5. The Morgan fingerprint density at radius 3 is 2.65 bits per heavy atom. The number of fused-ring (bicyclic) bond motifs is 2. The fraction of sp³-hybridized carbons (Fsp3) is 0.333. The minimum atomic E-state index is 0.710. The van der Waals surface area contributed by atoms with Crippen LogP contribution >= 0.6 is 0 Å². The molecule has 8 nitrogen and oxygen atoms in total. The zero-order valence-electron chi connectivity index (χ0n) is 14.8. The maximum absolute atomic E-state index is 4.96. The van der Waals surface area contributed by atoms with Gasteiger partial charge in [0, 0.05) is 44.2 Å². The molecule has 0 bridgehead atoms. The number of aromatic nitrogens is 6. The van der Waals surface area contributed by atoms with Crippen molar-refractivity contribution in [3.8, 4) is 11.4 Å². The highest BCUT2D eigenvalue weighted by atomic mass is 15.3. The van der Waals surface area contributed by atoms with Crippen molar-refractivity contribution in [2.75, 3.05) is 38.1 Å². The Balaban J connectivity index is 1.71. The quantitative estimate of drug-likeness (QED) is 0.593. The van der Waals surface area contributed by atoms with E-state index in [1.807, 2.05) is 42.3 Å². The first-order chi connectivity index (χ1) is 12.7. The summed E-state index contributed by atoms with van der Waals surface area (Å²) in [6.45, 7) is 3.95. The number of hydrogen-bond donors (Lipinski definition) is 1. The van der Waals surface area contributed by atoms with Crippen LogP contribution in [0.25, 0.3) is 33.3 Å². The monoisotopic (exact) mass is 348 g/mol. The topological polar surface area (TPSA) is 78.8 Å². The van der Waals surface area contributed by atoms with Gasteiger partial charge in [-0.2, -0.15) is 10.2 Å². The molecule has 3 aromatic heterocycles. The highest BCUT2D eigenvalue weighted by molar-refractivity contribution is 5.95. The fourth-order valence-electron chi connectivity index (χ4n) is 3.55. The van der Waals surface area contributed by atoms with Gasteiger partial charge in [-0.15, -0.1) is 0 Å². The summed E-state index contributed by atoms with van der Waals surface area (Å²) in [5, 5.41) is 13.6. The largest absolute Gasteiger partial charge is 0.353 e. The van der Waals surface area contributed by atoms with E-state index in [9.17, 15) is 0 Å². The van der Waals surface area contributed by atoms with Crippen LogP contribution in [0.15, 0.2) is 30.6 Å². The van der Waals surface area contributed by atoms with Crippen molar-refractivity contribution in [1.82, 2.24) is 34.8 Å². The summed E-state index contributed by atoms with van der Waals surface area (Å²) in [5.74, 6) is 1.67. The zero-order chi connectivity index (χ0) is 17.7. The van der Waals surface area contributed by atoms with E-state index in [0.29, 0.717) is 5.82 Å². The van der Waals surface area contributed by atoms with E-state index in [-0.39, 0.29) is 0 Å². The van der Waals surface area contributed by atoms with E-state index in [2.05, 4.69) is 32.1 Å². The molecule has 0 radical (unpaired) electrons. The second kappa shape index (κ2) is 5.77.